The van der Waals surface area contributed by atoms with Gasteiger partial charge >= 0.3 is 0 Å². The van der Waals surface area contributed by atoms with Crippen molar-refractivity contribution in [1.29, 1.82) is 0 Å². The van der Waals surface area contributed by atoms with Crippen molar-refractivity contribution in [2.24, 2.45) is 5.73 Å². The zero-order valence-corrected chi connectivity index (χ0v) is 19.0. The van der Waals surface area contributed by atoms with Gasteiger partial charge in [-0.3, -0.25) is 15.1 Å². The lowest BCUT2D eigenvalue weighted by Gasteiger charge is -2.25. The smallest absolute Gasteiger partial charge is 0.274 e. The van der Waals surface area contributed by atoms with Gasteiger partial charge in [-0.05, 0) is 60.4 Å². The van der Waals surface area contributed by atoms with Gasteiger partial charge < -0.3 is 15.2 Å². The normalized spacial score (nSPS) is 15.7. The van der Waals surface area contributed by atoms with Crippen LogP contribution in [0.1, 0.15) is 46.2 Å². The summed E-state index contributed by atoms with van der Waals surface area (Å²) >= 11 is 1.47. The van der Waals surface area contributed by atoms with Crippen molar-refractivity contribution in [3.05, 3.63) is 95.0 Å². The number of aromatic nitrogens is 3. The summed E-state index contributed by atoms with van der Waals surface area (Å²) in [5, 5.41) is 5.67. The topological polar surface area (TPSA) is 89.1 Å². The molecule has 0 saturated carbocycles. The molecule has 3 aromatic heterocycles. The molecular weight excluding hydrogens is 432 g/mol. The largest absolute Gasteiger partial charge is 0.363 e. The highest BCUT2D eigenvalue weighted by molar-refractivity contribution is 7.14. The summed E-state index contributed by atoms with van der Waals surface area (Å²) in [4.78, 5) is 24.2. The summed E-state index contributed by atoms with van der Waals surface area (Å²) in [7, 11) is 0. The van der Waals surface area contributed by atoms with Crippen LogP contribution in [0.4, 0.5) is 10.8 Å². The molecule has 7 nitrogen and oxygen atoms in total. The number of rotatable bonds is 7. The summed E-state index contributed by atoms with van der Waals surface area (Å²) in [5.41, 5.74) is 10.7. The number of carbonyl (C=O) groups is 1. The van der Waals surface area contributed by atoms with E-state index in [0.717, 1.165) is 36.2 Å². The highest BCUT2D eigenvalue weighted by Crippen LogP contribution is 2.37. The molecule has 0 radical (unpaired) electrons. The van der Waals surface area contributed by atoms with Crippen LogP contribution in [-0.4, -0.2) is 27.0 Å². The molecule has 4 heterocycles. The predicted octanol–water partition coefficient (Wildman–Crippen LogP) is 4.44. The van der Waals surface area contributed by atoms with E-state index in [0.29, 0.717) is 23.9 Å². The standard InChI is InChI=1S/C25H26N6OS/c26-15-18-5-7-20(8-6-18)31-14-2-3-22(31)21-17-33-25(28-21)29-24(32)23-4-1-13-30(23)16-19-9-11-27-12-10-19/h1,4-13,17,22H,2-3,14-16,26H2,(H,28,29,32)/t22-/m1/s1. The fourth-order valence-corrected chi connectivity index (χ4v) is 5.06. The number of nitrogens with one attached hydrogen (secondary N) is 1. The third-order valence-corrected chi connectivity index (χ3v) is 6.78. The number of pyridine rings is 1. The summed E-state index contributed by atoms with van der Waals surface area (Å²) in [6, 6.07) is 16.3. The van der Waals surface area contributed by atoms with Crippen molar-refractivity contribution >= 4 is 28.1 Å². The molecule has 5 rings (SSSR count). The molecule has 1 amide bonds. The number of amides is 1. The van der Waals surface area contributed by atoms with Crippen molar-refractivity contribution < 1.29 is 4.79 Å². The van der Waals surface area contributed by atoms with Crippen molar-refractivity contribution in [1.82, 2.24) is 14.5 Å². The molecule has 0 spiro atoms. The second kappa shape index (κ2) is 9.56. The molecule has 1 saturated heterocycles. The Morgan fingerprint density at radius 3 is 2.73 bits per heavy atom. The van der Waals surface area contributed by atoms with E-state index in [4.69, 9.17) is 10.7 Å². The van der Waals surface area contributed by atoms with Gasteiger partial charge in [0.2, 0.25) is 0 Å². The minimum atomic E-state index is -0.157. The van der Waals surface area contributed by atoms with Gasteiger partial charge in [0.25, 0.3) is 5.91 Å². The fraction of sp³-hybridized carbons (Fsp3) is 0.240. The lowest BCUT2D eigenvalue weighted by molar-refractivity contribution is 0.101. The van der Waals surface area contributed by atoms with Crippen LogP contribution in [0.2, 0.25) is 0 Å². The molecule has 1 atom stereocenters. The number of thiazole rings is 1. The number of benzene rings is 1. The quantitative estimate of drug-likeness (QED) is 0.427. The maximum atomic E-state index is 13.0. The van der Waals surface area contributed by atoms with E-state index in [-0.39, 0.29) is 11.9 Å². The van der Waals surface area contributed by atoms with Crippen molar-refractivity contribution in [3.63, 3.8) is 0 Å². The minimum absolute atomic E-state index is 0.157. The number of anilines is 2. The first kappa shape index (κ1) is 21.4. The summed E-state index contributed by atoms with van der Waals surface area (Å²) in [6.07, 6.45) is 7.59. The Hall–Kier alpha value is -3.49. The van der Waals surface area contributed by atoms with Crippen LogP contribution >= 0.6 is 11.3 Å². The van der Waals surface area contributed by atoms with Gasteiger partial charge in [-0.2, -0.15) is 0 Å². The van der Waals surface area contributed by atoms with Crippen molar-refractivity contribution in [3.8, 4) is 0 Å². The first-order valence-electron chi connectivity index (χ1n) is 11.1. The molecule has 33 heavy (non-hydrogen) atoms. The molecule has 3 N–H and O–H groups in total. The van der Waals surface area contributed by atoms with Crippen LogP contribution in [0.15, 0.2) is 72.5 Å². The van der Waals surface area contributed by atoms with Crippen LogP contribution in [0.3, 0.4) is 0 Å². The summed E-state index contributed by atoms with van der Waals surface area (Å²) in [5.74, 6) is -0.157. The van der Waals surface area contributed by atoms with E-state index in [2.05, 4.69) is 44.8 Å². The van der Waals surface area contributed by atoms with Gasteiger partial charge in [0.05, 0.1) is 11.7 Å². The van der Waals surface area contributed by atoms with Gasteiger partial charge in [0, 0.05) is 49.3 Å². The third kappa shape index (κ3) is 4.67. The Labute approximate surface area is 196 Å². The van der Waals surface area contributed by atoms with E-state index in [1.54, 1.807) is 12.4 Å². The van der Waals surface area contributed by atoms with E-state index in [1.807, 2.05) is 35.0 Å². The molecule has 1 fully saturated rings. The van der Waals surface area contributed by atoms with Crippen LogP contribution in [0.25, 0.3) is 0 Å². The Morgan fingerprint density at radius 1 is 1.12 bits per heavy atom. The maximum absolute atomic E-state index is 13.0. The summed E-state index contributed by atoms with van der Waals surface area (Å²) < 4.78 is 1.93. The van der Waals surface area contributed by atoms with Gasteiger partial charge in [0.1, 0.15) is 5.69 Å². The highest BCUT2D eigenvalue weighted by Gasteiger charge is 2.28. The molecule has 0 bridgehead atoms. The monoisotopic (exact) mass is 458 g/mol. The minimum Gasteiger partial charge on any atom is -0.363 e. The highest BCUT2D eigenvalue weighted by atomic mass is 32.1. The molecule has 1 aliphatic rings. The number of nitrogens with two attached hydrogens (primary N) is 1. The van der Waals surface area contributed by atoms with E-state index in [1.165, 1.54) is 17.0 Å². The van der Waals surface area contributed by atoms with Gasteiger partial charge in [-0.1, -0.05) is 12.1 Å². The lowest BCUT2D eigenvalue weighted by Crippen LogP contribution is -2.23. The SMILES string of the molecule is NCc1ccc(N2CCC[C@@H]2c2csc(NC(=O)c3cccn3Cc3ccncc3)n2)cc1. The Morgan fingerprint density at radius 2 is 1.94 bits per heavy atom. The second-order valence-electron chi connectivity index (χ2n) is 8.13. The van der Waals surface area contributed by atoms with E-state index < -0.39 is 0 Å². The third-order valence-electron chi connectivity index (χ3n) is 6.00. The average molecular weight is 459 g/mol. The van der Waals surface area contributed by atoms with Crippen LogP contribution < -0.4 is 16.0 Å². The summed E-state index contributed by atoms with van der Waals surface area (Å²) in [6.45, 7) is 2.15. The number of carbonyl (C=O) groups excluding carboxylic acids is 1. The molecular formula is C25H26N6OS. The zero-order chi connectivity index (χ0) is 22.6. The zero-order valence-electron chi connectivity index (χ0n) is 18.2. The van der Waals surface area contributed by atoms with Crippen molar-refractivity contribution in [2.45, 2.75) is 32.0 Å². The number of hydrogen-bond donors (Lipinski definition) is 2. The van der Waals surface area contributed by atoms with Gasteiger partial charge in [0.15, 0.2) is 5.13 Å². The van der Waals surface area contributed by atoms with Crippen LogP contribution in [0, 0.1) is 0 Å². The Bertz CT molecular complexity index is 1220. The van der Waals surface area contributed by atoms with Crippen LogP contribution in [0.5, 0.6) is 0 Å². The molecule has 4 aromatic rings. The average Bonchev–Trinajstić information content (AvgIpc) is 3.60. The number of nitrogens with zero attached hydrogens (tertiary/aromatic N) is 4. The molecule has 1 aliphatic heterocycles. The Kier molecular flexibility index (Phi) is 6.19. The first-order valence-corrected chi connectivity index (χ1v) is 12.0. The van der Waals surface area contributed by atoms with E-state index in [9.17, 15) is 4.79 Å². The predicted molar refractivity (Wildman–Crippen MR) is 131 cm³/mol. The maximum Gasteiger partial charge on any atom is 0.274 e. The lowest BCUT2D eigenvalue weighted by atomic mass is 10.1. The van der Waals surface area contributed by atoms with Gasteiger partial charge in [-0.25, -0.2) is 4.98 Å². The van der Waals surface area contributed by atoms with Crippen LogP contribution in [-0.2, 0) is 13.1 Å². The molecule has 1 aromatic carbocycles. The number of hydrogen-bond acceptors (Lipinski definition) is 6. The fourth-order valence-electron chi connectivity index (χ4n) is 4.31. The Balaban J connectivity index is 1.28. The molecule has 0 unspecified atom stereocenters. The van der Waals surface area contributed by atoms with Crippen molar-refractivity contribution in [2.75, 3.05) is 16.8 Å². The molecule has 0 aliphatic carbocycles. The molecule has 168 valence electrons. The molecule has 8 heteroatoms. The van der Waals surface area contributed by atoms with E-state index >= 15 is 0 Å². The second-order valence-corrected chi connectivity index (χ2v) is 8.99. The van der Waals surface area contributed by atoms with Gasteiger partial charge in [-0.15, -0.1) is 11.3 Å². The first-order chi connectivity index (χ1) is 16.2.